The molecular weight excluding hydrogens is 521 g/mol. The molecule has 0 amide bonds. The highest BCUT2D eigenvalue weighted by molar-refractivity contribution is 7.00. The van der Waals surface area contributed by atoms with E-state index >= 15 is 0 Å². The van der Waals surface area contributed by atoms with E-state index < -0.39 is 0 Å². The first-order chi connectivity index (χ1) is 21.3. The van der Waals surface area contributed by atoms with E-state index in [0.29, 0.717) is 0 Å². The molecule has 0 saturated carbocycles. The van der Waals surface area contributed by atoms with E-state index in [4.69, 9.17) is 4.98 Å². The summed E-state index contributed by atoms with van der Waals surface area (Å²) < 4.78 is 5.05. The summed E-state index contributed by atoms with van der Waals surface area (Å²) in [6.45, 7) is 4.11. The monoisotopic (exact) mass is 543 g/mol. The minimum absolute atomic E-state index is 0.107. The van der Waals surface area contributed by atoms with Gasteiger partial charge in [0.15, 0.2) is 0 Å². The molecule has 43 heavy (non-hydrogen) atoms. The van der Waals surface area contributed by atoms with Gasteiger partial charge in [-0.25, -0.2) is 0 Å². The van der Waals surface area contributed by atoms with Crippen LogP contribution in [0.4, 0.5) is 0 Å². The summed E-state index contributed by atoms with van der Waals surface area (Å²) in [6.07, 6.45) is 3.95. The predicted molar refractivity (Wildman–Crippen MR) is 183 cm³/mol. The number of hydrogen-bond acceptors (Lipinski definition) is 1. The van der Waals surface area contributed by atoms with Crippen LogP contribution in [0.1, 0.15) is 5.56 Å². The SMILES string of the molecule is C=Cc1ccc2c(cnc3c4c5c(cc32)-n2c3ccccc3c3cccc(c32)B5c2cccc3c5ccccc5n-4c23)c1. The van der Waals surface area contributed by atoms with Crippen LogP contribution in [0.2, 0.25) is 0 Å². The van der Waals surface area contributed by atoms with Gasteiger partial charge in [-0.1, -0.05) is 97.6 Å². The average Bonchev–Trinajstić information content (AvgIpc) is 3.58. The Balaban J connectivity index is 1.46. The molecule has 0 fully saturated rings. The van der Waals surface area contributed by atoms with Gasteiger partial charge in [0.2, 0.25) is 0 Å². The summed E-state index contributed by atoms with van der Waals surface area (Å²) in [5.74, 6) is 0. The maximum atomic E-state index is 5.27. The Morgan fingerprint density at radius 3 is 1.98 bits per heavy atom. The molecule has 3 nitrogen and oxygen atoms in total. The zero-order valence-electron chi connectivity index (χ0n) is 23.2. The Hall–Kier alpha value is -5.61. The third kappa shape index (κ3) is 2.46. The lowest BCUT2D eigenvalue weighted by Gasteiger charge is -2.34. The first kappa shape index (κ1) is 22.1. The molecule has 2 aliphatic rings. The Bertz CT molecular complexity index is 2760. The molecule has 0 radical (unpaired) electrons. The van der Waals surface area contributed by atoms with Gasteiger partial charge in [-0.3, -0.25) is 4.98 Å². The smallest absolute Gasteiger partial charge is 0.252 e. The standard InChI is InChI=1S/C39H22BN3/c1-2-22-17-18-24-23(19-22)21-41-36-29(24)20-34-35-39(36)43-33-16-6-4-10-26(33)28-12-8-14-31(38(28)43)40(35)30-13-7-11-27-25-9-3-5-15-32(25)42(34)37(27)30/h2-21H,1H2. The van der Waals surface area contributed by atoms with Gasteiger partial charge in [0.05, 0.1) is 22.2 Å². The number of pyridine rings is 1. The summed E-state index contributed by atoms with van der Waals surface area (Å²) in [5, 5.41) is 8.70. The lowest BCUT2D eigenvalue weighted by Crippen LogP contribution is -2.59. The number of aromatic nitrogens is 3. The molecule has 0 spiro atoms. The molecule has 0 atom stereocenters. The van der Waals surface area contributed by atoms with E-state index in [1.807, 2.05) is 12.3 Å². The van der Waals surface area contributed by atoms with Gasteiger partial charge in [-0.15, -0.1) is 0 Å². The highest BCUT2D eigenvalue weighted by Crippen LogP contribution is 2.41. The summed E-state index contributed by atoms with van der Waals surface area (Å²) >= 11 is 0. The second-order valence-corrected chi connectivity index (χ2v) is 12.0. The highest BCUT2D eigenvalue weighted by Gasteiger charge is 2.41. The molecule has 5 heterocycles. The van der Waals surface area contributed by atoms with Crippen molar-refractivity contribution in [1.29, 1.82) is 0 Å². The van der Waals surface area contributed by atoms with Crippen molar-refractivity contribution in [3.63, 3.8) is 0 Å². The van der Waals surface area contributed by atoms with E-state index in [-0.39, 0.29) is 6.71 Å². The van der Waals surface area contributed by atoms with Crippen molar-refractivity contribution in [2.24, 2.45) is 0 Å². The van der Waals surface area contributed by atoms with Crippen molar-refractivity contribution in [2.45, 2.75) is 0 Å². The van der Waals surface area contributed by atoms with Gasteiger partial charge in [-0.2, -0.15) is 0 Å². The van der Waals surface area contributed by atoms with Gasteiger partial charge < -0.3 is 9.13 Å². The Morgan fingerprint density at radius 2 is 1.26 bits per heavy atom. The van der Waals surface area contributed by atoms with Crippen molar-refractivity contribution < 1.29 is 0 Å². The zero-order valence-corrected chi connectivity index (χ0v) is 23.2. The number of hydrogen-bond donors (Lipinski definition) is 0. The Kier molecular flexibility index (Phi) is 3.80. The fourth-order valence-electron chi connectivity index (χ4n) is 8.40. The molecule has 4 heteroatoms. The van der Waals surface area contributed by atoms with Gasteiger partial charge in [0, 0.05) is 55.2 Å². The van der Waals surface area contributed by atoms with Gasteiger partial charge in [0.25, 0.3) is 6.71 Å². The van der Waals surface area contributed by atoms with Gasteiger partial charge in [0.1, 0.15) is 0 Å². The third-order valence-corrected chi connectivity index (χ3v) is 10.1. The zero-order chi connectivity index (χ0) is 28.0. The number of fused-ring (bicyclic) bond motifs is 14. The van der Waals surface area contributed by atoms with E-state index in [0.717, 1.165) is 16.5 Å². The van der Waals surface area contributed by atoms with Crippen molar-refractivity contribution in [3.8, 4) is 11.4 Å². The van der Waals surface area contributed by atoms with Crippen LogP contribution in [0.15, 0.2) is 122 Å². The summed E-state index contributed by atoms with van der Waals surface area (Å²) in [6, 6.07) is 40.5. The van der Waals surface area contributed by atoms with Crippen molar-refractivity contribution in [2.75, 3.05) is 0 Å². The number of benzene rings is 6. The first-order valence-electron chi connectivity index (χ1n) is 14.9. The number of nitrogens with zero attached hydrogens (tertiary/aromatic N) is 3. The molecule has 196 valence electrons. The summed E-state index contributed by atoms with van der Waals surface area (Å²) in [4.78, 5) is 5.27. The molecule has 0 N–H and O–H groups in total. The number of rotatable bonds is 1. The van der Waals surface area contributed by atoms with Crippen molar-refractivity contribution >= 4 is 94.5 Å². The maximum absolute atomic E-state index is 5.27. The van der Waals surface area contributed by atoms with Gasteiger partial charge >= 0.3 is 0 Å². The number of para-hydroxylation sites is 4. The van der Waals surface area contributed by atoms with Crippen LogP contribution in [0, 0.1) is 0 Å². The summed E-state index contributed by atoms with van der Waals surface area (Å²) in [7, 11) is 0. The molecule has 11 rings (SSSR count). The molecule has 0 saturated heterocycles. The van der Waals surface area contributed by atoms with Crippen LogP contribution < -0.4 is 16.4 Å². The van der Waals surface area contributed by atoms with Crippen LogP contribution in [0.25, 0.3) is 82.7 Å². The Morgan fingerprint density at radius 1 is 0.605 bits per heavy atom. The van der Waals surface area contributed by atoms with Crippen LogP contribution in [-0.4, -0.2) is 20.8 Å². The Labute approximate surface area is 247 Å². The minimum Gasteiger partial charge on any atom is -0.310 e. The van der Waals surface area contributed by atoms with Crippen molar-refractivity contribution in [1.82, 2.24) is 14.1 Å². The molecule has 0 bridgehead atoms. The topological polar surface area (TPSA) is 22.8 Å². The lowest BCUT2D eigenvalue weighted by atomic mass is 9.34. The minimum atomic E-state index is 0.107. The molecule has 3 aromatic heterocycles. The molecular formula is C39H22BN3. The quantitative estimate of drug-likeness (QED) is 0.157. The fourth-order valence-corrected chi connectivity index (χ4v) is 8.40. The van der Waals surface area contributed by atoms with Gasteiger partial charge in [-0.05, 0) is 51.6 Å². The van der Waals surface area contributed by atoms with Crippen molar-refractivity contribution in [3.05, 3.63) is 128 Å². The van der Waals surface area contributed by atoms with E-state index in [9.17, 15) is 0 Å². The highest BCUT2D eigenvalue weighted by atomic mass is 15.0. The largest absolute Gasteiger partial charge is 0.310 e. The third-order valence-electron chi connectivity index (χ3n) is 10.1. The molecule has 0 unspecified atom stereocenters. The van der Waals surface area contributed by atoms with Crippen LogP contribution in [0.5, 0.6) is 0 Å². The molecule has 2 aliphatic heterocycles. The second kappa shape index (κ2) is 7.42. The lowest BCUT2D eigenvalue weighted by molar-refractivity contribution is 1.15. The first-order valence-corrected chi connectivity index (χ1v) is 14.9. The molecule has 0 aliphatic carbocycles. The average molecular weight is 543 g/mol. The predicted octanol–water partition coefficient (Wildman–Crippen LogP) is 7.37. The van der Waals surface area contributed by atoms with E-state index in [1.165, 1.54) is 82.1 Å². The van der Waals surface area contributed by atoms with E-state index in [2.05, 4.69) is 125 Å². The normalized spacial score (nSPS) is 13.2. The van der Waals surface area contributed by atoms with Crippen LogP contribution in [-0.2, 0) is 0 Å². The maximum Gasteiger partial charge on any atom is 0.252 e. The second-order valence-electron chi connectivity index (χ2n) is 12.0. The fraction of sp³-hybridized carbons (Fsp3) is 0. The van der Waals surface area contributed by atoms with Crippen LogP contribution >= 0.6 is 0 Å². The molecule has 9 aromatic rings. The summed E-state index contributed by atoms with van der Waals surface area (Å²) in [5.41, 5.74) is 13.8. The van der Waals surface area contributed by atoms with E-state index in [1.54, 1.807) is 0 Å². The molecule has 6 aromatic carbocycles. The van der Waals surface area contributed by atoms with Crippen LogP contribution in [0.3, 0.4) is 0 Å².